The van der Waals surface area contributed by atoms with Gasteiger partial charge in [-0.15, -0.1) is 0 Å². The molecule has 3 aromatic rings. The topological polar surface area (TPSA) is 86.8 Å². The molecule has 3 rings (SSSR count). The van der Waals surface area contributed by atoms with E-state index < -0.39 is 28.5 Å². The van der Waals surface area contributed by atoms with E-state index in [1.165, 1.54) is 12.1 Å². The molecule has 214 valence electrons. The van der Waals surface area contributed by atoms with Gasteiger partial charge in [-0.25, -0.2) is 8.42 Å². The summed E-state index contributed by atoms with van der Waals surface area (Å²) in [4.78, 5) is 28.9. The minimum Gasteiger partial charge on any atom is -0.354 e. The zero-order valence-corrected chi connectivity index (χ0v) is 24.8. The summed E-state index contributed by atoms with van der Waals surface area (Å²) in [6.45, 7) is 8.18. The Hall–Kier alpha value is -3.65. The Morgan fingerprint density at radius 3 is 2.12 bits per heavy atom. The SMILES string of the molecule is CCCCNC(=O)[C@H](CC)N(CCc1ccccc1)C(=O)CN(c1ccc(C)c(C)c1)S(=O)(=O)c1ccccc1. The van der Waals surface area contributed by atoms with Crippen LogP contribution < -0.4 is 9.62 Å². The van der Waals surface area contributed by atoms with Gasteiger partial charge in [-0.3, -0.25) is 13.9 Å². The van der Waals surface area contributed by atoms with Crippen LogP contribution in [-0.4, -0.2) is 50.8 Å². The molecule has 0 aliphatic heterocycles. The Morgan fingerprint density at radius 2 is 1.52 bits per heavy atom. The van der Waals surface area contributed by atoms with Crippen LogP contribution in [0.3, 0.4) is 0 Å². The summed E-state index contributed by atoms with van der Waals surface area (Å²) >= 11 is 0. The van der Waals surface area contributed by atoms with E-state index in [1.54, 1.807) is 35.2 Å². The molecule has 0 heterocycles. The fourth-order valence-electron chi connectivity index (χ4n) is 4.53. The normalized spacial score (nSPS) is 12.0. The van der Waals surface area contributed by atoms with Gasteiger partial charge in [0.1, 0.15) is 12.6 Å². The van der Waals surface area contributed by atoms with E-state index in [0.717, 1.165) is 33.8 Å². The van der Waals surface area contributed by atoms with Gasteiger partial charge in [0.05, 0.1) is 10.6 Å². The number of carbonyl (C=O) groups excluding carboxylic acids is 2. The molecule has 3 aromatic carbocycles. The van der Waals surface area contributed by atoms with Crippen molar-refractivity contribution in [2.75, 3.05) is 23.9 Å². The molecule has 7 nitrogen and oxygen atoms in total. The van der Waals surface area contributed by atoms with Crippen LogP contribution in [0.5, 0.6) is 0 Å². The predicted octanol–water partition coefficient (Wildman–Crippen LogP) is 5.26. The summed E-state index contributed by atoms with van der Waals surface area (Å²) < 4.78 is 28.9. The highest BCUT2D eigenvalue weighted by Crippen LogP contribution is 2.26. The number of hydrogen-bond acceptors (Lipinski definition) is 4. The number of nitrogens with one attached hydrogen (secondary N) is 1. The van der Waals surface area contributed by atoms with Gasteiger partial charge >= 0.3 is 0 Å². The minimum atomic E-state index is -4.06. The van der Waals surface area contributed by atoms with Crippen molar-refractivity contribution in [3.63, 3.8) is 0 Å². The first-order chi connectivity index (χ1) is 19.2. The van der Waals surface area contributed by atoms with Crippen molar-refractivity contribution in [2.45, 2.75) is 64.3 Å². The number of unbranched alkanes of at least 4 members (excludes halogenated alkanes) is 1. The van der Waals surface area contributed by atoms with Crippen LogP contribution in [0.25, 0.3) is 0 Å². The largest absolute Gasteiger partial charge is 0.354 e. The fourth-order valence-corrected chi connectivity index (χ4v) is 5.96. The molecule has 0 spiro atoms. The molecule has 1 N–H and O–H groups in total. The number of sulfonamides is 1. The van der Waals surface area contributed by atoms with Crippen LogP contribution in [0.1, 0.15) is 49.8 Å². The fraction of sp³-hybridized carbons (Fsp3) is 0.375. The number of benzene rings is 3. The van der Waals surface area contributed by atoms with E-state index in [4.69, 9.17) is 0 Å². The summed E-state index contributed by atoms with van der Waals surface area (Å²) in [6.07, 6.45) is 2.74. The highest BCUT2D eigenvalue weighted by Gasteiger charge is 2.33. The number of aryl methyl sites for hydroxylation is 2. The van der Waals surface area contributed by atoms with Crippen molar-refractivity contribution in [2.24, 2.45) is 0 Å². The summed E-state index contributed by atoms with van der Waals surface area (Å²) in [5.41, 5.74) is 3.38. The van der Waals surface area contributed by atoms with Gasteiger partial charge in [-0.2, -0.15) is 0 Å². The molecular formula is C32H41N3O4S. The third-order valence-electron chi connectivity index (χ3n) is 7.09. The average Bonchev–Trinajstić information content (AvgIpc) is 2.96. The molecule has 0 aliphatic carbocycles. The standard InChI is InChI=1S/C32H41N3O4S/c1-5-7-21-33-32(37)30(6-2)34(22-20-27-14-10-8-11-15-27)31(36)24-35(28-19-18-25(3)26(4)23-28)40(38,39)29-16-12-9-13-17-29/h8-19,23,30H,5-7,20-22,24H2,1-4H3,(H,33,37)/t30-/m0/s1. The second kappa shape index (κ2) is 14.7. The lowest BCUT2D eigenvalue weighted by atomic mass is 10.1. The maximum absolute atomic E-state index is 14.1. The van der Waals surface area contributed by atoms with E-state index in [1.807, 2.05) is 64.1 Å². The van der Waals surface area contributed by atoms with Crippen molar-refractivity contribution in [3.8, 4) is 0 Å². The van der Waals surface area contributed by atoms with E-state index >= 15 is 0 Å². The van der Waals surface area contributed by atoms with E-state index in [2.05, 4.69) is 5.32 Å². The lowest BCUT2D eigenvalue weighted by Gasteiger charge is -2.33. The summed E-state index contributed by atoms with van der Waals surface area (Å²) in [5.74, 6) is -0.646. The maximum atomic E-state index is 14.1. The number of hydrogen-bond donors (Lipinski definition) is 1. The zero-order valence-electron chi connectivity index (χ0n) is 24.0. The highest BCUT2D eigenvalue weighted by molar-refractivity contribution is 7.92. The van der Waals surface area contributed by atoms with Crippen LogP contribution in [-0.2, 0) is 26.0 Å². The molecule has 0 saturated carbocycles. The van der Waals surface area contributed by atoms with Gasteiger partial charge in [0.15, 0.2) is 0 Å². The summed E-state index contributed by atoms with van der Waals surface area (Å²) in [7, 11) is -4.06. The van der Waals surface area contributed by atoms with Gasteiger partial charge in [-0.1, -0.05) is 74.9 Å². The Labute approximate surface area is 239 Å². The molecule has 40 heavy (non-hydrogen) atoms. The number of rotatable bonds is 14. The lowest BCUT2D eigenvalue weighted by Crippen LogP contribution is -2.53. The van der Waals surface area contributed by atoms with Crippen molar-refractivity contribution >= 4 is 27.5 Å². The van der Waals surface area contributed by atoms with Crippen LogP contribution in [0.15, 0.2) is 83.8 Å². The molecule has 0 fully saturated rings. The molecule has 0 aromatic heterocycles. The average molecular weight is 564 g/mol. The number of carbonyl (C=O) groups is 2. The van der Waals surface area contributed by atoms with Crippen molar-refractivity contribution < 1.29 is 18.0 Å². The second-order valence-corrected chi connectivity index (χ2v) is 11.8. The maximum Gasteiger partial charge on any atom is 0.264 e. The van der Waals surface area contributed by atoms with E-state index in [0.29, 0.717) is 25.1 Å². The summed E-state index contributed by atoms with van der Waals surface area (Å²) in [6, 6.07) is 22.5. The van der Waals surface area contributed by atoms with E-state index in [-0.39, 0.29) is 17.3 Å². The third kappa shape index (κ3) is 7.94. The van der Waals surface area contributed by atoms with Gasteiger partial charge in [0, 0.05) is 13.1 Å². The monoisotopic (exact) mass is 563 g/mol. The molecule has 0 bridgehead atoms. The van der Waals surface area contributed by atoms with E-state index in [9.17, 15) is 18.0 Å². The predicted molar refractivity (Wildman–Crippen MR) is 161 cm³/mol. The molecule has 1 atom stereocenters. The molecule has 0 aliphatic rings. The van der Waals surface area contributed by atoms with Crippen molar-refractivity contribution in [1.29, 1.82) is 0 Å². The summed E-state index contributed by atoms with van der Waals surface area (Å²) in [5, 5.41) is 2.96. The Morgan fingerprint density at radius 1 is 0.875 bits per heavy atom. The van der Waals surface area contributed by atoms with Gasteiger partial charge in [0.2, 0.25) is 11.8 Å². The van der Waals surface area contributed by atoms with Crippen LogP contribution >= 0.6 is 0 Å². The van der Waals surface area contributed by atoms with Gasteiger partial charge < -0.3 is 10.2 Å². The Kier molecular flexibility index (Phi) is 11.3. The number of nitrogens with zero attached hydrogens (tertiary/aromatic N) is 2. The number of amides is 2. The first-order valence-electron chi connectivity index (χ1n) is 13.9. The first-order valence-corrected chi connectivity index (χ1v) is 15.4. The molecule has 0 unspecified atom stereocenters. The first kappa shape index (κ1) is 30.9. The smallest absolute Gasteiger partial charge is 0.264 e. The highest BCUT2D eigenvalue weighted by atomic mass is 32.2. The van der Waals surface area contributed by atoms with Crippen LogP contribution in [0.2, 0.25) is 0 Å². The molecule has 2 amide bonds. The molecule has 0 radical (unpaired) electrons. The lowest BCUT2D eigenvalue weighted by molar-refractivity contribution is -0.139. The van der Waals surface area contributed by atoms with Crippen LogP contribution in [0.4, 0.5) is 5.69 Å². The Bertz CT molecular complexity index is 1360. The van der Waals surface area contributed by atoms with Crippen molar-refractivity contribution in [1.82, 2.24) is 10.2 Å². The minimum absolute atomic E-state index is 0.0983. The quantitative estimate of drug-likeness (QED) is 0.271. The third-order valence-corrected chi connectivity index (χ3v) is 8.88. The Balaban J connectivity index is 1.99. The zero-order chi connectivity index (χ0) is 29.1. The van der Waals surface area contributed by atoms with Gasteiger partial charge in [-0.05, 0) is 74.1 Å². The number of anilines is 1. The van der Waals surface area contributed by atoms with Crippen LogP contribution in [0, 0.1) is 13.8 Å². The molecular weight excluding hydrogens is 522 g/mol. The molecule has 0 saturated heterocycles. The second-order valence-electron chi connectivity index (χ2n) is 9.98. The van der Waals surface area contributed by atoms with Gasteiger partial charge in [0.25, 0.3) is 10.0 Å². The molecule has 8 heteroatoms. The van der Waals surface area contributed by atoms with Crippen molar-refractivity contribution in [3.05, 3.63) is 95.6 Å².